The van der Waals surface area contributed by atoms with Gasteiger partial charge < -0.3 is 14.8 Å². The number of methoxy groups -OCH3 is 1. The molecular formula is C13H20BrNO2. The van der Waals surface area contributed by atoms with E-state index in [2.05, 4.69) is 28.2 Å². The second-order valence-electron chi connectivity index (χ2n) is 3.86. The molecule has 1 rings (SSSR count). The number of benzene rings is 1. The lowest BCUT2D eigenvalue weighted by molar-refractivity contribution is 0.193. The van der Waals surface area contributed by atoms with Crippen LogP contribution in [0.3, 0.4) is 0 Å². The molecule has 0 radical (unpaired) electrons. The van der Waals surface area contributed by atoms with Gasteiger partial charge in [0.15, 0.2) is 0 Å². The van der Waals surface area contributed by atoms with Crippen LogP contribution in [0.2, 0.25) is 0 Å². The first-order chi connectivity index (χ1) is 8.24. The number of hydrogen-bond acceptors (Lipinski definition) is 3. The van der Waals surface area contributed by atoms with Crippen molar-refractivity contribution in [1.29, 1.82) is 0 Å². The van der Waals surface area contributed by atoms with Crippen LogP contribution in [0.1, 0.15) is 12.0 Å². The van der Waals surface area contributed by atoms with Gasteiger partial charge in [0.1, 0.15) is 12.4 Å². The minimum atomic E-state index is 0.689. The second kappa shape index (κ2) is 8.50. The molecule has 3 nitrogen and oxygen atoms in total. The first-order valence-corrected chi connectivity index (χ1v) is 6.62. The summed E-state index contributed by atoms with van der Waals surface area (Å²) in [4.78, 5) is 0. The molecule has 0 heterocycles. The molecule has 0 aromatic heterocycles. The van der Waals surface area contributed by atoms with Crippen LogP contribution in [0.15, 0.2) is 22.7 Å². The fourth-order valence-corrected chi connectivity index (χ4v) is 1.66. The fourth-order valence-electron chi connectivity index (χ4n) is 1.41. The highest BCUT2D eigenvalue weighted by Gasteiger charge is 1.97. The Morgan fingerprint density at radius 2 is 2.06 bits per heavy atom. The van der Waals surface area contributed by atoms with Crippen molar-refractivity contribution in [2.75, 3.05) is 33.4 Å². The number of ether oxygens (including phenoxy) is 2. The van der Waals surface area contributed by atoms with E-state index in [1.165, 1.54) is 5.56 Å². The first-order valence-electron chi connectivity index (χ1n) is 5.82. The molecule has 0 aliphatic heterocycles. The van der Waals surface area contributed by atoms with Crippen molar-refractivity contribution in [3.63, 3.8) is 0 Å². The van der Waals surface area contributed by atoms with E-state index in [-0.39, 0.29) is 0 Å². The van der Waals surface area contributed by atoms with Crippen molar-refractivity contribution >= 4 is 15.9 Å². The summed E-state index contributed by atoms with van der Waals surface area (Å²) in [5.74, 6) is 0.921. The molecular weight excluding hydrogens is 282 g/mol. The van der Waals surface area contributed by atoms with Gasteiger partial charge >= 0.3 is 0 Å². The van der Waals surface area contributed by atoms with Gasteiger partial charge in [-0.2, -0.15) is 0 Å². The van der Waals surface area contributed by atoms with E-state index in [0.717, 1.165) is 36.3 Å². The highest BCUT2D eigenvalue weighted by Crippen LogP contribution is 2.21. The number of rotatable bonds is 8. The molecule has 1 aromatic rings. The maximum Gasteiger partial charge on any atom is 0.119 e. The van der Waals surface area contributed by atoms with E-state index < -0.39 is 0 Å². The van der Waals surface area contributed by atoms with Gasteiger partial charge in [0.25, 0.3) is 0 Å². The van der Waals surface area contributed by atoms with E-state index in [1.807, 2.05) is 18.2 Å². The van der Waals surface area contributed by atoms with Crippen molar-refractivity contribution in [1.82, 2.24) is 5.32 Å². The molecule has 0 fully saturated rings. The summed E-state index contributed by atoms with van der Waals surface area (Å²) in [6.45, 7) is 5.38. The van der Waals surface area contributed by atoms with E-state index >= 15 is 0 Å². The van der Waals surface area contributed by atoms with Crippen LogP contribution in [0.25, 0.3) is 0 Å². The highest BCUT2D eigenvalue weighted by molar-refractivity contribution is 9.10. The van der Waals surface area contributed by atoms with Gasteiger partial charge in [0.05, 0.1) is 0 Å². The summed E-state index contributed by atoms with van der Waals surface area (Å²) in [6, 6.07) is 6.02. The van der Waals surface area contributed by atoms with Crippen molar-refractivity contribution in [2.45, 2.75) is 13.3 Å². The van der Waals surface area contributed by atoms with Crippen LogP contribution >= 0.6 is 15.9 Å². The Bertz CT molecular complexity index is 331. The Morgan fingerprint density at radius 3 is 2.76 bits per heavy atom. The van der Waals surface area contributed by atoms with Gasteiger partial charge in [0.2, 0.25) is 0 Å². The quantitative estimate of drug-likeness (QED) is 0.749. The molecule has 0 saturated carbocycles. The molecule has 17 heavy (non-hydrogen) atoms. The SMILES string of the molecule is COCCCNCCOc1ccc(Br)c(C)c1. The number of hydrogen-bond donors (Lipinski definition) is 1. The van der Waals surface area contributed by atoms with Crippen LogP contribution in [-0.4, -0.2) is 33.4 Å². The maximum absolute atomic E-state index is 5.63. The molecule has 0 aliphatic carbocycles. The van der Waals surface area contributed by atoms with Crippen LogP contribution in [-0.2, 0) is 4.74 Å². The topological polar surface area (TPSA) is 30.5 Å². The monoisotopic (exact) mass is 301 g/mol. The highest BCUT2D eigenvalue weighted by atomic mass is 79.9. The van der Waals surface area contributed by atoms with Crippen molar-refractivity contribution in [3.05, 3.63) is 28.2 Å². The zero-order valence-electron chi connectivity index (χ0n) is 10.5. The van der Waals surface area contributed by atoms with Crippen molar-refractivity contribution < 1.29 is 9.47 Å². The normalized spacial score (nSPS) is 10.5. The van der Waals surface area contributed by atoms with Crippen molar-refractivity contribution in [3.8, 4) is 5.75 Å². The lowest BCUT2D eigenvalue weighted by atomic mass is 10.2. The van der Waals surface area contributed by atoms with Gasteiger partial charge in [-0.05, 0) is 43.7 Å². The van der Waals surface area contributed by atoms with Gasteiger partial charge in [0, 0.05) is 24.7 Å². The minimum absolute atomic E-state index is 0.689. The number of nitrogens with one attached hydrogen (secondary N) is 1. The standard InChI is InChI=1S/C13H20BrNO2/c1-11-10-12(4-5-13(11)14)17-9-7-15-6-3-8-16-2/h4-5,10,15H,3,6-9H2,1-2H3. The van der Waals surface area contributed by atoms with Gasteiger partial charge in [-0.25, -0.2) is 0 Å². The van der Waals surface area contributed by atoms with Crippen molar-refractivity contribution in [2.24, 2.45) is 0 Å². The molecule has 0 saturated heterocycles. The number of halogens is 1. The summed E-state index contributed by atoms with van der Waals surface area (Å²) >= 11 is 3.47. The Hall–Kier alpha value is -0.580. The average molecular weight is 302 g/mol. The summed E-state index contributed by atoms with van der Waals surface area (Å²) < 4.78 is 11.7. The second-order valence-corrected chi connectivity index (χ2v) is 4.71. The molecule has 1 N–H and O–H groups in total. The predicted octanol–water partition coefficient (Wildman–Crippen LogP) is 2.76. The largest absolute Gasteiger partial charge is 0.492 e. The summed E-state index contributed by atoms with van der Waals surface area (Å²) in [5.41, 5.74) is 1.19. The van der Waals surface area contributed by atoms with E-state index in [0.29, 0.717) is 6.61 Å². The molecule has 0 atom stereocenters. The third kappa shape index (κ3) is 6.05. The van der Waals surface area contributed by atoms with E-state index in [9.17, 15) is 0 Å². The molecule has 0 amide bonds. The Balaban J connectivity index is 2.11. The third-order valence-corrected chi connectivity index (χ3v) is 3.27. The van der Waals surface area contributed by atoms with E-state index in [1.54, 1.807) is 7.11 Å². The zero-order valence-corrected chi connectivity index (χ0v) is 12.0. The van der Waals surface area contributed by atoms with E-state index in [4.69, 9.17) is 9.47 Å². The Labute approximate surface area is 112 Å². The van der Waals surface area contributed by atoms with Gasteiger partial charge in [-0.15, -0.1) is 0 Å². The lowest BCUT2D eigenvalue weighted by Gasteiger charge is -2.08. The van der Waals surface area contributed by atoms with Gasteiger partial charge in [-0.1, -0.05) is 15.9 Å². The van der Waals surface area contributed by atoms with Gasteiger partial charge in [-0.3, -0.25) is 0 Å². The zero-order chi connectivity index (χ0) is 12.5. The lowest BCUT2D eigenvalue weighted by Crippen LogP contribution is -2.22. The third-order valence-electron chi connectivity index (χ3n) is 2.38. The summed E-state index contributed by atoms with van der Waals surface area (Å²) in [7, 11) is 1.72. The average Bonchev–Trinajstić information content (AvgIpc) is 2.32. The Morgan fingerprint density at radius 1 is 1.24 bits per heavy atom. The van der Waals surface area contributed by atoms with Crippen LogP contribution in [0.4, 0.5) is 0 Å². The molecule has 0 aliphatic rings. The molecule has 0 unspecified atom stereocenters. The predicted molar refractivity (Wildman–Crippen MR) is 73.7 cm³/mol. The van der Waals surface area contributed by atoms with Crippen LogP contribution in [0.5, 0.6) is 5.75 Å². The molecule has 1 aromatic carbocycles. The first kappa shape index (κ1) is 14.5. The summed E-state index contributed by atoms with van der Waals surface area (Å²) in [6.07, 6.45) is 1.04. The van der Waals surface area contributed by atoms with Crippen LogP contribution < -0.4 is 10.1 Å². The van der Waals surface area contributed by atoms with Crippen LogP contribution in [0, 0.1) is 6.92 Å². The molecule has 0 bridgehead atoms. The Kier molecular flexibility index (Phi) is 7.24. The number of aryl methyl sites for hydroxylation is 1. The fraction of sp³-hybridized carbons (Fsp3) is 0.538. The smallest absolute Gasteiger partial charge is 0.119 e. The molecule has 4 heteroatoms. The maximum atomic E-state index is 5.63. The molecule has 96 valence electrons. The summed E-state index contributed by atoms with van der Waals surface area (Å²) in [5, 5.41) is 3.30. The molecule has 0 spiro atoms. The minimum Gasteiger partial charge on any atom is -0.492 e.